The fourth-order valence-electron chi connectivity index (χ4n) is 1.46. The quantitative estimate of drug-likeness (QED) is 0.773. The third kappa shape index (κ3) is 1.87. The van der Waals surface area contributed by atoms with E-state index in [4.69, 9.17) is 0 Å². The van der Waals surface area contributed by atoms with Crippen LogP contribution < -0.4 is 10.9 Å². The van der Waals surface area contributed by atoms with Gasteiger partial charge in [0.25, 0.3) is 5.56 Å². The van der Waals surface area contributed by atoms with Gasteiger partial charge in [-0.1, -0.05) is 6.07 Å². The van der Waals surface area contributed by atoms with Crippen molar-refractivity contribution in [3.8, 4) is 0 Å². The molecule has 0 atom stereocenters. The van der Waals surface area contributed by atoms with Crippen molar-refractivity contribution in [2.75, 3.05) is 0 Å². The molecule has 1 N–H and O–H groups in total. The van der Waals surface area contributed by atoms with Crippen LogP contribution in [0, 0.1) is 6.92 Å². The van der Waals surface area contributed by atoms with Gasteiger partial charge in [0, 0.05) is 30.9 Å². The minimum Gasteiger partial charge on any atom is -0.316 e. The minimum atomic E-state index is 0.123. The molecule has 0 amide bonds. The third-order valence-electron chi connectivity index (χ3n) is 2.79. The molecule has 0 radical (unpaired) electrons. The normalized spacial score (nSPS) is 15.9. The van der Waals surface area contributed by atoms with E-state index in [0.29, 0.717) is 12.6 Å². The molecule has 0 saturated heterocycles. The van der Waals surface area contributed by atoms with Crippen LogP contribution in [0.25, 0.3) is 0 Å². The number of hydrogen-bond donors (Lipinski definition) is 1. The smallest absolute Gasteiger partial charge is 0.254 e. The van der Waals surface area contributed by atoms with Gasteiger partial charge < -0.3 is 9.88 Å². The Kier molecular flexibility index (Phi) is 2.42. The first-order valence-corrected chi connectivity index (χ1v) is 5.07. The van der Waals surface area contributed by atoms with Gasteiger partial charge in [0.05, 0.1) is 0 Å². The van der Waals surface area contributed by atoms with Crippen molar-refractivity contribution in [1.29, 1.82) is 0 Å². The molecule has 0 aliphatic heterocycles. The molecule has 1 fully saturated rings. The molecule has 3 nitrogen and oxygen atoms in total. The van der Waals surface area contributed by atoms with Crippen molar-refractivity contribution in [2.24, 2.45) is 7.05 Å². The van der Waals surface area contributed by atoms with Crippen molar-refractivity contribution < 1.29 is 0 Å². The lowest BCUT2D eigenvalue weighted by molar-refractivity contribution is 0.670. The standard InChI is InChI=1S/C11H16N2O/c1-8-3-4-9(11(14)13(8)2)7-12-10-5-6-10/h3-4,10,12H,5-7H2,1-2H3. The van der Waals surface area contributed by atoms with Gasteiger partial charge in [-0.2, -0.15) is 0 Å². The lowest BCUT2D eigenvalue weighted by Gasteiger charge is -2.07. The van der Waals surface area contributed by atoms with E-state index in [1.54, 1.807) is 4.57 Å². The lowest BCUT2D eigenvalue weighted by atomic mass is 10.2. The number of aromatic nitrogens is 1. The summed E-state index contributed by atoms with van der Waals surface area (Å²) < 4.78 is 1.70. The van der Waals surface area contributed by atoms with Gasteiger partial charge in [0.2, 0.25) is 0 Å². The highest BCUT2D eigenvalue weighted by molar-refractivity contribution is 5.15. The Hall–Kier alpha value is -1.09. The molecular weight excluding hydrogens is 176 g/mol. The maximum Gasteiger partial charge on any atom is 0.254 e. The Bertz CT molecular complexity index is 391. The van der Waals surface area contributed by atoms with Crippen molar-refractivity contribution in [3.63, 3.8) is 0 Å². The van der Waals surface area contributed by atoms with Crippen molar-refractivity contribution in [2.45, 2.75) is 32.4 Å². The molecule has 0 bridgehead atoms. The van der Waals surface area contributed by atoms with E-state index in [1.807, 2.05) is 26.1 Å². The summed E-state index contributed by atoms with van der Waals surface area (Å²) in [6.45, 7) is 2.65. The van der Waals surface area contributed by atoms with Gasteiger partial charge in [0.15, 0.2) is 0 Å². The van der Waals surface area contributed by atoms with Crippen molar-refractivity contribution in [1.82, 2.24) is 9.88 Å². The highest BCUT2D eigenvalue weighted by atomic mass is 16.1. The summed E-state index contributed by atoms with van der Waals surface area (Å²) in [7, 11) is 1.82. The first-order chi connectivity index (χ1) is 6.68. The fourth-order valence-corrected chi connectivity index (χ4v) is 1.46. The molecule has 1 saturated carbocycles. The van der Waals surface area contributed by atoms with Gasteiger partial charge in [-0.05, 0) is 25.8 Å². The van der Waals surface area contributed by atoms with E-state index in [1.165, 1.54) is 12.8 Å². The largest absolute Gasteiger partial charge is 0.316 e. The minimum absolute atomic E-state index is 0.123. The molecule has 3 heteroatoms. The van der Waals surface area contributed by atoms with E-state index in [-0.39, 0.29) is 5.56 Å². The lowest BCUT2D eigenvalue weighted by Crippen LogP contribution is -2.27. The maximum atomic E-state index is 11.7. The van der Waals surface area contributed by atoms with Crippen molar-refractivity contribution >= 4 is 0 Å². The second-order valence-electron chi connectivity index (χ2n) is 4.02. The summed E-state index contributed by atoms with van der Waals surface area (Å²) in [5, 5.41) is 3.35. The summed E-state index contributed by atoms with van der Waals surface area (Å²) >= 11 is 0. The Balaban J connectivity index is 2.16. The van der Waals surface area contributed by atoms with E-state index < -0.39 is 0 Å². The second-order valence-corrected chi connectivity index (χ2v) is 4.02. The zero-order valence-electron chi connectivity index (χ0n) is 8.71. The summed E-state index contributed by atoms with van der Waals surface area (Å²) in [5.41, 5.74) is 1.99. The Labute approximate surface area is 83.8 Å². The van der Waals surface area contributed by atoms with E-state index in [0.717, 1.165) is 11.3 Å². The summed E-state index contributed by atoms with van der Waals surface area (Å²) in [4.78, 5) is 11.7. The fraction of sp³-hybridized carbons (Fsp3) is 0.545. The highest BCUT2D eigenvalue weighted by Gasteiger charge is 2.20. The molecule has 1 aromatic rings. The molecule has 0 spiro atoms. The zero-order chi connectivity index (χ0) is 10.1. The first kappa shape index (κ1) is 9.46. The molecule has 1 aliphatic rings. The zero-order valence-corrected chi connectivity index (χ0v) is 8.71. The number of aryl methyl sites for hydroxylation is 1. The summed E-state index contributed by atoms with van der Waals surface area (Å²) in [6, 6.07) is 4.57. The average Bonchev–Trinajstić information content (AvgIpc) is 2.97. The van der Waals surface area contributed by atoms with Gasteiger partial charge >= 0.3 is 0 Å². The number of hydrogen-bond acceptors (Lipinski definition) is 2. The Morgan fingerprint density at radius 1 is 1.50 bits per heavy atom. The highest BCUT2D eigenvalue weighted by Crippen LogP contribution is 2.18. The average molecular weight is 192 g/mol. The van der Waals surface area contributed by atoms with Crippen LogP contribution in [0.2, 0.25) is 0 Å². The molecular formula is C11H16N2O. The van der Waals surface area contributed by atoms with Crippen LogP contribution in [-0.4, -0.2) is 10.6 Å². The van der Waals surface area contributed by atoms with Gasteiger partial charge in [0.1, 0.15) is 0 Å². The van der Waals surface area contributed by atoms with Crippen LogP contribution in [0.15, 0.2) is 16.9 Å². The van der Waals surface area contributed by atoms with Gasteiger partial charge in [-0.25, -0.2) is 0 Å². The van der Waals surface area contributed by atoms with Crippen LogP contribution in [0.1, 0.15) is 24.1 Å². The molecule has 2 rings (SSSR count). The van der Waals surface area contributed by atoms with E-state index in [9.17, 15) is 4.79 Å². The monoisotopic (exact) mass is 192 g/mol. The van der Waals surface area contributed by atoms with Crippen molar-refractivity contribution in [3.05, 3.63) is 33.7 Å². The maximum absolute atomic E-state index is 11.7. The molecule has 1 aliphatic carbocycles. The molecule has 1 heterocycles. The summed E-state index contributed by atoms with van der Waals surface area (Å²) in [6.07, 6.45) is 2.51. The van der Waals surface area contributed by atoms with Crippen LogP contribution in [0.5, 0.6) is 0 Å². The van der Waals surface area contributed by atoms with Crippen LogP contribution in [0.3, 0.4) is 0 Å². The van der Waals surface area contributed by atoms with Crippen LogP contribution in [-0.2, 0) is 13.6 Å². The van der Waals surface area contributed by atoms with Gasteiger partial charge in [-0.3, -0.25) is 4.79 Å². The SMILES string of the molecule is Cc1ccc(CNC2CC2)c(=O)n1C. The topological polar surface area (TPSA) is 34.0 Å². The van der Waals surface area contributed by atoms with Crippen LogP contribution >= 0.6 is 0 Å². The molecule has 76 valence electrons. The second kappa shape index (κ2) is 3.58. The number of pyridine rings is 1. The van der Waals surface area contributed by atoms with E-state index >= 15 is 0 Å². The summed E-state index contributed by atoms with van der Waals surface area (Å²) in [5.74, 6) is 0. The first-order valence-electron chi connectivity index (χ1n) is 5.07. The Morgan fingerprint density at radius 2 is 2.21 bits per heavy atom. The van der Waals surface area contributed by atoms with Gasteiger partial charge in [-0.15, -0.1) is 0 Å². The molecule has 0 unspecified atom stereocenters. The molecule has 1 aromatic heterocycles. The number of nitrogens with zero attached hydrogens (tertiary/aromatic N) is 1. The third-order valence-corrected chi connectivity index (χ3v) is 2.79. The Morgan fingerprint density at radius 3 is 2.86 bits per heavy atom. The number of nitrogens with one attached hydrogen (secondary N) is 1. The number of rotatable bonds is 3. The predicted molar refractivity (Wildman–Crippen MR) is 56.3 cm³/mol. The molecule has 14 heavy (non-hydrogen) atoms. The molecule has 0 aromatic carbocycles. The van der Waals surface area contributed by atoms with E-state index in [2.05, 4.69) is 5.32 Å². The predicted octanol–water partition coefficient (Wildman–Crippen LogP) is 0.946. The van der Waals surface area contributed by atoms with Crippen LogP contribution in [0.4, 0.5) is 0 Å².